The summed E-state index contributed by atoms with van der Waals surface area (Å²) in [5.74, 6) is 0. The van der Waals surface area contributed by atoms with Crippen LogP contribution in [0.4, 0.5) is 0 Å². The minimum Gasteiger partial charge on any atom is -0.314 e. The molecule has 3 atom stereocenters. The van der Waals surface area contributed by atoms with Gasteiger partial charge in [-0.1, -0.05) is 13.8 Å². The number of rotatable bonds is 9. The molecule has 0 saturated carbocycles. The molecule has 1 heterocycles. The van der Waals surface area contributed by atoms with Crippen LogP contribution in [-0.2, 0) is 0 Å². The SMILES string of the molecule is CCCNC(C)CC(C)N(C)CC1CCCN1CC. The molecule has 1 aliphatic rings. The minimum absolute atomic E-state index is 0.628. The third-order valence-corrected chi connectivity index (χ3v) is 4.59. The zero-order chi connectivity index (χ0) is 14.3. The predicted molar refractivity (Wildman–Crippen MR) is 84.7 cm³/mol. The van der Waals surface area contributed by atoms with E-state index in [0.29, 0.717) is 12.1 Å². The van der Waals surface area contributed by atoms with Crippen molar-refractivity contribution in [1.82, 2.24) is 15.1 Å². The number of hydrogen-bond acceptors (Lipinski definition) is 3. The van der Waals surface area contributed by atoms with Gasteiger partial charge in [-0.05, 0) is 66.2 Å². The summed E-state index contributed by atoms with van der Waals surface area (Å²) in [6, 6.07) is 2.08. The highest BCUT2D eigenvalue weighted by molar-refractivity contribution is 4.82. The lowest BCUT2D eigenvalue weighted by molar-refractivity contribution is 0.159. The standard InChI is InChI=1S/C16H35N3/c1-6-10-17-14(3)12-15(4)18(5)13-16-9-8-11-19(16)7-2/h14-17H,6-13H2,1-5H3. The van der Waals surface area contributed by atoms with Gasteiger partial charge in [0.2, 0.25) is 0 Å². The summed E-state index contributed by atoms with van der Waals surface area (Å²) in [7, 11) is 2.30. The second-order valence-corrected chi connectivity index (χ2v) is 6.30. The lowest BCUT2D eigenvalue weighted by Gasteiger charge is -2.32. The van der Waals surface area contributed by atoms with Crippen LogP contribution in [0.1, 0.15) is 53.4 Å². The Morgan fingerprint density at radius 2 is 2.05 bits per heavy atom. The summed E-state index contributed by atoms with van der Waals surface area (Å²) >= 11 is 0. The van der Waals surface area contributed by atoms with Crippen LogP contribution < -0.4 is 5.32 Å². The number of likely N-dealkylation sites (N-methyl/N-ethyl adjacent to an activating group) is 2. The van der Waals surface area contributed by atoms with Gasteiger partial charge in [0.25, 0.3) is 0 Å². The number of nitrogens with one attached hydrogen (secondary N) is 1. The molecule has 0 aromatic rings. The summed E-state index contributed by atoms with van der Waals surface area (Å²) in [5.41, 5.74) is 0. The van der Waals surface area contributed by atoms with E-state index < -0.39 is 0 Å². The third-order valence-electron chi connectivity index (χ3n) is 4.59. The van der Waals surface area contributed by atoms with Crippen molar-refractivity contribution in [3.63, 3.8) is 0 Å². The van der Waals surface area contributed by atoms with E-state index in [1.54, 1.807) is 0 Å². The molecule has 1 saturated heterocycles. The van der Waals surface area contributed by atoms with Crippen LogP contribution in [0.2, 0.25) is 0 Å². The van der Waals surface area contributed by atoms with Crippen LogP contribution >= 0.6 is 0 Å². The molecule has 1 fully saturated rings. The van der Waals surface area contributed by atoms with Crippen molar-refractivity contribution in [3.05, 3.63) is 0 Å². The van der Waals surface area contributed by atoms with Gasteiger partial charge in [-0.3, -0.25) is 4.90 Å². The van der Waals surface area contributed by atoms with Crippen LogP contribution in [0, 0.1) is 0 Å². The van der Waals surface area contributed by atoms with E-state index in [1.807, 2.05) is 0 Å². The molecular formula is C16H35N3. The van der Waals surface area contributed by atoms with E-state index in [9.17, 15) is 0 Å². The van der Waals surface area contributed by atoms with Crippen molar-refractivity contribution >= 4 is 0 Å². The molecule has 19 heavy (non-hydrogen) atoms. The van der Waals surface area contributed by atoms with Gasteiger partial charge >= 0.3 is 0 Å². The maximum atomic E-state index is 3.59. The van der Waals surface area contributed by atoms with Crippen LogP contribution in [0.25, 0.3) is 0 Å². The van der Waals surface area contributed by atoms with Gasteiger partial charge in [0, 0.05) is 24.7 Å². The first-order chi connectivity index (χ1) is 9.08. The fourth-order valence-electron chi connectivity index (χ4n) is 3.20. The van der Waals surface area contributed by atoms with Gasteiger partial charge in [0.05, 0.1) is 0 Å². The molecule has 0 amide bonds. The summed E-state index contributed by atoms with van der Waals surface area (Å²) in [6.45, 7) is 14.1. The first kappa shape index (κ1) is 16.9. The lowest BCUT2D eigenvalue weighted by Crippen LogP contribution is -2.44. The van der Waals surface area contributed by atoms with Crippen molar-refractivity contribution in [2.24, 2.45) is 0 Å². The van der Waals surface area contributed by atoms with Crippen molar-refractivity contribution in [3.8, 4) is 0 Å². The molecule has 3 heteroatoms. The van der Waals surface area contributed by atoms with Gasteiger partial charge < -0.3 is 10.2 Å². The van der Waals surface area contributed by atoms with Crippen LogP contribution in [0.3, 0.4) is 0 Å². The summed E-state index contributed by atoms with van der Waals surface area (Å²) in [6.07, 6.45) is 5.24. The zero-order valence-electron chi connectivity index (χ0n) is 13.8. The van der Waals surface area contributed by atoms with Crippen LogP contribution in [0.5, 0.6) is 0 Å². The molecule has 1 N–H and O–H groups in total. The molecule has 114 valence electrons. The number of hydrogen-bond donors (Lipinski definition) is 1. The zero-order valence-corrected chi connectivity index (χ0v) is 13.8. The monoisotopic (exact) mass is 269 g/mol. The highest BCUT2D eigenvalue weighted by atomic mass is 15.2. The quantitative estimate of drug-likeness (QED) is 0.694. The molecule has 3 nitrogen and oxygen atoms in total. The molecule has 0 aliphatic carbocycles. The van der Waals surface area contributed by atoms with Gasteiger partial charge in [-0.2, -0.15) is 0 Å². The Kier molecular flexibility index (Phi) is 7.96. The fourth-order valence-corrected chi connectivity index (χ4v) is 3.20. The van der Waals surface area contributed by atoms with Crippen molar-refractivity contribution in [1.29, 1.82) is 0 Å². The molecule has 0 aromatic carbocycles. The average molecular weight is 269 g/mol. The summed E-state index contributed by atoms with van der Waals surface area (Å²) < 4.78 is 0. The Labute approximate surface area is 120 Å². The Morgan fingerprint density at radius 1 is 1.32 bits per heavy atom. The highest BCUT2D eigenvalue weighted by Gasteiger charge is 2.25. The molecule has 3 unspecified atom stereocenters. The number of likely N-dealkylation sites (tertiary alicyclic amines) is 1. The molecule has 0 spiro atoms. The molecular weight excluding hydrogens is 234 g/mol. The normalized spacial score (nSPS) is 24.0. The van der Waals surface area contributed by atoms with E-state index >= 15 is 0 Å². The first-order valence-corrected chi connectivity index (χ1v) is 8.26. The maximum absolute atomic E-state index is 3.59. The lowest BCUT2D eigenvalue weighted by atomic mass is 10.1. The molecule has 1 rings (SSSR count). The Balaban J connectivity index is 2.29. The molecule has 0 bridgehead atoms. The van der Waals surface area contributed by atoms with E-state index in [1.165, 1.54) is 45.3 Å². The predicted octanol–water partition coefficient (Wildman–Crippen LogP) is 2.57. The average Bonchev–Trinajstić information content (AvgIpc) is 2.83. The first-order valence-electron chi connectivity index (χ1n) is 8.26. The largest absolute Gasteiger partial charge is 0.314 e. The van der Waals surface area contributed by atoms with Crippen molar-refractivity contribution < 1.29 is 0 Å². The minimum atomic E-state index is 0.628. The van der Waals surface area contributed by atoms with Crippen molar-refractivity contribution in [2.45, 2.75) is 71.5 Å². The fraction of sp³-hybridized carbons (Fsp3) is 1.00. The Morgan fingerprint density at radius 3 is 2.68 bits per heavy atom. The van der Waals surface area contributed by atoms with Gasteiger partial charge in [0.1, 0.15) is 0 Å². The maximum Gasteiger partial charge on any atom is 0.0223 e. The van der Waals surface area contributed by atoms with Gasteiger partial charge in [-0.25, -0.2) is 0 Å². The van der Waals surface area contributed by atoms with E-state index in [-0.39, 0.29) is 0 Å². The molecule has 0 aromatic heterocycles. The summed E-state index contributed by atoms with van der Waals surface area (Å²) in [5, 5.41) is 3.59. The smallest absolute Gasteiger partial charge is 0.0223 e. The molecule has 0 radical (unpaired) electrons. The molecule has 1 aliphatic heterocycles. The highest BCUT2D eigenvalue weighted by Crippen LogP contribution is 2.18. The topological polar surface area (TPSA) is 18.5 Å². The number of nitrogens with zero attached hydrogens (tertiary/aromatic N) is 2. The van der Waals surface area contributed by atoms with E-state index in [2.05, 4.69) is 49.9 Å². The second kappa shape index (κ2) is 8.93. The Hall–Kier alpha value is -0.120. The van der Waals surface area contributed by atoms with Crippen LogP contribution in [-0.4, -0.2) is 61.2 Å². The summed E-state index contributed by atoms with van der Waals surface area (Å²) in [4.78, 5) is 5.20. The van der Waals surface area contributed by atoms with Crippen LogP contribution in [0.15, 0.2) is 0 Å². The second-order valence-electron chi connectivity index (χ2n) is 6.30. The van der Waals surface area contributed by atoms with E-state index in [0.717, 1.165) is 12.6 Å². The van der Waals surface area contributed by atoms with Gasteiger partial charge in [0.15, 0.2) is 0 Å². The van der Waals surface area contributed by atoms with E-state index in [4.69, 9.17) is 0 Å². The Bertz CT molecular complexity index is 232. The third kappa shape index (κ3) is 5.80. The van der Waals surface area contributed by atoms with Crippen molar-refractivity contribution in [2.75, 3.05) is 33.2 Å². The van der Waals surface area contributed by atoms with Gasteiger partial charge in [-0.15, -0.1) is 0 Å².